The number of nitrogens with one attached hydrogen (secondary N) is 2. The van der Waals surface area contributed by atoms with Crippen LogP contribution in [0.15, 0.2) is 22.6 Å². The van der Waals surface area contributed by atoms with Gasteiger partial charge < -0.3 is 20.2 Å². The van der Waals surface area contributed by atoms with E-state index in [1.165, 1.54) is 12.1 Å². The second kappa shape index (κ2) is 5.43. The molecule has 0 spiro atoms. The fourth-order valence-corrected chi connectivity index (χ4v) is 1.75. The number of benzene rings is 1. The van der Waals surface area contributed by atoms with Gasteiger partial charge in [0.25, 0.3) is 6.01 Å². The van der Waals surface area contributed by atoms with Crippen molar-refractivity contribution in [3.8, 4) is 0 Å². The third-order valence-corrected chi connectivity index (χ3v) is 2.55. The first kappa shape index (κ1) is 14.8. The summed E-state index contributed by atoms with van der Waals surface area (Å²) in [6, 6.07) is 4.58. The van der Waals surface area contributed by atoms with Crippen LogP contribution in [0.25, 0.3) is 11.1 Å². The van der Waals surface area contributed by atoms with Crippen molar-refractivity contribution < 1.29 is 19.1 Å². The van der Waals surface area contributed by atoms with Crippen LogP contribution in [0.4, 0.5) is 6.01 Å². The number of anilines is 1. The number of amides is 1. The van der Waals surface area contributed by atoms with Crippen LogP contribution in [0.1, 0.15) is 31.1 Å². The first-order chi connectivity index (χ1) is 9.74. The van der Waals surface area contributed by atoms with Crippen molar-refractivity contribution in [1.82, 2.24) is 10.3 Å². The Morgan fingerprint density at radius 1 is 1.33 bits per heavy atom. The van der Waals surface area contributed by atoms with E-state index in [0.717, 1.165) is 0 Å². The Bertz CT molecular complexity index is 685. The van der Waals surface area contributed by atoms with Crippen molar-refractivity contribution in [3.05, 3.63) is 23.8 Å². The topological polar surface area (TPSA) is 104 Å². The Morgan fingerprint density at radius 2 is 2.05 bits per heavy atom. The number of rotatable bonds is 4. The van der Waals surface area contributed by atoms with Crippen LogP contribution in [-0.2, 0) is 4.79 Å². The van der Waals surface area contributed by atoms with Gasteiger partial charge in [-0.2, -0.15) is 4.98 Å². The maximum absolute atomic E-state index is 11.7. The zero-order valence-electron chi connectivity index (χ0n) is 12.1. The summed E-state index contributed by atoms with van der Waals surface area (Å²) in [5.41, 5.74) is 0.694. The van der Waals surface area contributed by atoms with Crippen LogP contribution in [-0.4, -0.2) is 34.1 Å². The minimum Gasteiger partial charge on any atom is -0.478 e. The lowest BCUT2D eigenvalue weighted by Gasteiger charge is -2.20. The van der Waals surface area contributed by atoms with Gasteiger partial charge in [-0.3, -0.25) is 4.79 Å². The van der Waals surface area contributed by atoms with Crippen molar-refractivity contribution >= 4 is 29.0 Å². The van der Waals surface area contributed by atoms with Crippen LogP contribution in [0.2, 0.25) is 0 Å². The third-order valence-electron chi connectivity index (χ3n) is 2.55. The quantitative estimate of drug-likeness (QED) is 0.794. The lowest BCUT2D eigenvalue weighted by Crippen LogP contribution is -2.43. The molecule has 3 N–H and O–H groups in total. The number of aromatic nitrogens is 1. The maximum Gasteiger partial charge on any atom is 0.335 e. The van der Waals surface area contributed by atoms with E-state index >= 15 is 0 Å². The fraction of sp³-hybridized carbons (Fsp3) is 0.357. The van der Waals surface area contributed by atoms with Gasteiger partial charge in [0.05, 0.1) is 12.1 Å². The smallest absolute Gasteiger partial charge is 0.335 e. The summed E-state index contributed by atoms with van der Waals surface area (Å²) < 4.78 is 5.37. The molecule has 0 aliphatic carbocycles. The fourth-order valence-electron chi connectivity index (χ4n) is 1.75. The molecule has 0 aliphatic rings. The summed E-state index contributed by atoms with van der Waals surface area (Å²) in [6.45, 7) is 5.68. The first-order valence-corrected chi connectivity index (χ1v) is 6.43. The van der Waals surface area contributed by atoms with E-state index in [-0.39, 0.29) is 29.6 Å². The average Bonchev–Trinajstić information content (AvgIpc) is 2.75. The van der Waals surface area contributed by atoms with Gasteiger partial charge in [-0.05, 0) is 39.0 Å². The van der Waals surface area contributed by atoms with Gasteiger partial charge in [0.1, 0.15) is 5.52 Å². The monoisotopic (exact) mass is 291 g/mol. The molecule has 0 bridgehead atoms. The second-order valence-corrected chi connectivity index (χ2v) is 5.66. The minimum absolute atomic E-state index is 0.0237. The lowest BCUT2D eigenvalue weighted by molar-refractivity contribution is -0.120. The number of fused-ring (bicyclic) bond motifs is 1. The molecule has 0 radical (unpaired) electrons. The molecule has 7 nitrogen and oxygen atoms in total. The van der Waals surface area contributed by atoms with E-state index in [1.54, 1.807) is 6.07 Å². The molecule has 7 heteroatoms. The van der Waals surface area contributed by atoms with Gasteiger partial charge >= 0.3 is 5.97 Å². The average molecular weight is 291 g/mol. The number of carboxylic acids is 1. The first-order valence-electron chi connectivity index (χ1n) is 6.43. The highest BCUT2D eigenvalue weighted by atomic mass is 16.4. The van der Waals surface area contributed by atoms with E-state index in [9.17, 15) is 9.59 Å². The summed E-state index contributed by atoms with van der Waals surface area (Å²) in [4.78, 5) is 26.7. The van der Waals surface area contributed by atoms with Gasteiger partial charge in [-0.15, -0.1) is 0 Å². The van der Waals surface area contributed by atoms with E-state index in [1.807, 2.05) is 20.8 Å². The molecule has 2 rings (SSSR count). The summed E-state index contributed by atoms with van der Waals surface area (Å²) in [6.07, 6.45) is 0. The van der Waals surface area contributed by atoms with Crippen LogP contribution in [0, 0.1) is 0 Å². The van der Waals surface area contributed by atoms with Crippen molar-refractivity contribution in [2.24, 2.45) is 0 Å². The Kier molecular flexibility index (Phi) is 3.84. The number of carbonyl (C=O) groups excluding carboxylic acids is 1. The molecule has 1 aromatic carbocycles. The van der Waals surface area contributed by atoms with E-state index in [4.69, 9.17) is 9.52 Å². The van der Waals surface area contributed by atoms with Gasteiger partial charge in [-0.1, -0.05) is 0 Å². The molecule has 0 unspecified atom stereocenters. The van der Waals surface area contributed by atoms with Crippen LogP contribution < -0.4 is 10.6 Å². The van der Waals surface area contributed by atoms with Crippen molar-refractivity contribution in [3.63, 3.8) is 0 Å². The van der Waals surface area contributed by atoms with Crippen LogP contribution in [0.3, 0.4) is 0 Å². The van der Waals surface area contributed by atoms with Gasteiger partial charge in [-0.25, -0.2) is 4.79 Å². The third kappa shape index (κ3) is 3.95. The highest BCUT2D eigenvalue weighted by Gasteiger charge is 2.14. The standard InChI is InChI=1S/C14H17N3O4/c1-14(2,3)17-11(18)7-15-13-16-9-5-4-8(12(19)20)6-10(9)21-13/h4-6H,7H2,1-3H3,(H,15,16)(H,17,18)(H,19,20). The Morgan fingerprint density at radius 3 is 2.67 bits per heavy atom. The summed E-state index contributed by atoms with van der Waals surface area (Å²) in [7, 11) is 0. The number of hydrogen-bond acceptors (Lipinski definition) is 5. The molecule has 2 aromatic rings. The molecule has 1 aromatic heterocycles. The predicted molar refractivity (Wildman–Crippen MR) is 77.4 cm³/mol. The number of carbonyl (C=O) groups is 2. The Labute approximate surface area is 121 Å². The molecule has 1 amide bonds. The summed E-state index contributed by atoms with van der Waals surface area (Å²) in [5, 5.41) is 14.5. The number of nitrogens with zero attached hydrogens (tertiary/aromatic N) is 1. The van der Waals surface area contributed by atoms with Gasteiger partial charge in [0, 0.05) is 5.54 Å². The number of aromatic carboxylic acids is 1. The Hall–Kier alpha value is -2.57. The minimum atomic E-state index is -1.03. The predicted octanol–water partition coefficient (Wildman–Crippen LogP) is 1.85. The molecule has 21 heavy (non-hydrogen) atoms. The molecule has 0 fully saturated rings. The molecule has 0 aliphatic heterocycles. The van der Waals surface area contributed by atoms with E-state index in [2.05, 4.69) is 15.6 Å². The molecule has 1 heterocycles. The van der Waals surface area contributed by atoms with E-state index in [0.29, 0.717) is 11.1 Å². The molecular formula is C14H17N3O4. The molecule has 0 saturated carbocycles. The second-order valence-electron chi connectivity index (χ2n) is 5.66. The van der Waals surface area contributed by atoms with Crippen molar-refractivity contribution in [1.29, 1.82) is 0 Å². The number of oxazole rings is 1. The van der Waals surface area contributed by atoms with Gasteiger partial charge in [0.15, 0.2) is 5.58 Å². The molecular weight excluding hydrogens is 274 g/mol. The van der Waals surface area contributed by atoms with Gasteiger partial charge in [0.2, 0.25) is 5.91 Å². The molecule has 112 valence electrons. The SMILES string of the molecule is CC(C)(C)NC(=O)CNc1nc2ccc(C(=O)O)cc2o1. The Balaban J connectivity index is 2.06. The van der Waals surface area contributed by atoms with Crippen LogP contribution in [0.5, 0.6) is 0 Å². The number of carboxylic acid groups (broad SMARTS) is 1. The molecule has 0 saturated heterocycles. The van der Waals surface area contributed by atoms with Crippen molar-refractivity contribution in [2.45, 2.75) is 26.3 Å². The van der Waals surface area contributed by atoms with Crippen molar-refractivity contribution in [2.75, 3.05) is 11.9 Å². The maximum atomic E-state index is 11.7. The zero-order chi connectivity index (χ0) is 15.6. The summed E-state index contributed by atoms with van der Waals surface area (Å²) in [5.74, 6) is -1.22. The van der Waals surface area contributed by atoms with E-state index < -0.39 is 5.97 Å². The number of hydrogen-bond donors (Lipinski definition) is 3. The normalized spacial score (nSPS) is 11.4. The lowest BCUT2D eigenvalue weighted by atomic mass is 10.1. The highest BCUT2D eigenvalue weighted by molar-refractivity contribution is 5.92. The van der Waals surface area contributed by atoms with Crippen LogP contribution >= 0.6 is 0 Å². The largest absolute Gasteiger partial charge is 0.478 e. The zero-order valence-corrected chi connectivity index (χ0v) is 12.1. The molecule has 0 atom stereocenters. The summed E-state index contributed by atoms with van der Waals surface area (Å²) >= 11 is 0. The highest BCUT2D eigenvalue weighted by Crippen LogP contribution is 2.20.